The second kappa shape index (κ2) is 7.28. The van der Waals surface area contributed by atoms with E-state index in [2.05, 4.69) is 0 Å². The van der Waals surface area contributed by atoms with Crippen molar-refractivity contribution in [2.24, 2.45) is 5.73 Å². The van der Waals surface area contributed by atoms with Crippen LogP contribution in [0.5, 0.6) is 0 Å². The monoisotopic (exact) mass is 453 g/mol. The van der Waals surface area contributed by atoms with Crippen molar-refractivity contribution >= 4 is 66.9 Å². The third kappa shape index (κ3) is 3.01. The summed E-state index contributed by atoms with van der Waals surface area (Å²) in [7, 11) is 0. The van der Waals surface area contributed by atoms with Crippen LogP contribution < -0.4 is 5.73 Å². The van der Waals surface area contributed by atoms with Crippen LogP contribution in [-0.4, -0.2) is 39.1 Å². The number of hydrogen-bond acceptors (Lipinski definition) is 4. The maximum absolute atomic E-state index is 12.3. The van der Waals surface area contributed by atoms with Gasteiger partial charge in [-0.15, -0.1) is 0 Å². The molecule has 0 saturated heterocycles. The lowest BCUT2D eigenvalue weighted by atomic mass is 9.86. The first-order chi connectivity index (χ1) is 16.2. The van der Waals surface area contributed by atoms with Crippen molar-refractivity contribution in [3.05, 3.63) is 82.9 Å². The molecule has 1 amide bonds. The minimum absolute atomic E-state index is 0.0417. The Hall–Kier alpha value is -4.98. The molecule has 34 heavy (non-hydrogen) atoms. The Morgan fingerprint density at radius 2 is 0.853 bits per heavy atom. The minimum Gasteiger partial charge on any atom is -0.478 e. The number of carbonyl (C=O) groups excluding carboxylic acids is 1. The maximum Gasteiger partial charge on any atom is 0.337 e. The number of benzene rings is 5. The Balaban J connectivity index is 2.01. The van der Waals surface area contributed by atoms with Crippen LogP contribution in [0.25, 0.3) is 43.1 Å². The van der Waals surface area contributed by atoms with Gasteiger partial charge in [-0.3, -0.25) is 4.79 Å². The fourth-order valence-electron chi connectivity index (χ4n) is 4.58. The van der Waals surface area contributed by atoms with Crippen molar-refractivity contribution in [2.45, 2.75) is 0 Å². The molecule has 8 heteroatoms. The summed E-state index contributed by atoms with van der Waals surface area (Å²) in [6.07, 6.45) is 0. The van der Waals surface area contributed by atoms with Crippen molar-refractivity contribution < 1.29 is 34.5 Å². The van der Waals surface area contributed by atoms with Gasteiger partial charge in [0, 0.05) is 0 Å². The molecule has 5 N–H and O–H groups in total. The molecule has 0 fully saturated rings. The van der Waals surface area contributed by atoms with Crippen molar-refractivity contribution in [3.63, 3.8) is 0 Å². The first kappa shape index (κ1) is 20.9. The zero-order valence-electron chi connectivity index (χ0n) is 17.3. The summed E-state index contributed by atoms with van der Waals surface area (Å²) in [6.45, 7) is 0. The van der Waals surface area contributed by atoms with E-state index >= 15 is 0 Å². The Kier molecular flexibility index (Phi) is 4.47. The Morgan fingerprint density at radius 1 is 0.500 bits per heavy atom. The molecule has 0 saturated carbocycles. The van der Waals surface area contributed by atoms with Gasteiger partial charge in [-0.25, -0.2) is 14.4 Å². The molecule has 0 aromatic heterocycles. The molecule has 166 valence electrons. The van der Waals surface area contributed by atoms with Gasteiger partial charge in [0.15, 0.2) is 0 Å². The summed E-state index contributed by atoms with van der Waals surface area (Å²) in [5.74, 6) is -6.36. The van der Waals surface area contributed by atoms with Gasteiger partial charge in [0.25, 0.3) is 0 Å². The fraction of sp³-hybridized carbons (Fsp3) is 0. The molecule has 5 aromatic rings. The summed E-state index contributed by atoms with van der Waals surface area (Å²) in [4.78, 5) is 48.4. The number of amides is 1. The standard InChI is InChI=1S/C26H15NO7/c27-23(28)19-17-9-15-7-13-5-11-3-1-2-4-12(11)6-14(13)8-16(15)10-18(17)20(24(29)30)22(26(33)34)21(19)25(31)32/h1-10H,(H2,27,28)(H,29,30)(H,31,32)(H,33,34). The molecule has 0 radical (unpaired) electrons. The van der Waals surface area contributed by atoms with Crippen LogP contribution in [-0.2, 0) is 0 Å². The highest BCUT2D eigenvalue weighted by atomic mass is 16.4. The van der Waals surface area contributed by atoms with E-state index in [1.54, 1.807) is 0 Å². The van der Waals surface area contributed by atoms with Crippen molar-refractivity contribution in [1.82, 2.24) is 0 Å². The minimum atomic E-state index is -1.79. The van der Waals surface area contributed by atoms with E-state index in [-0.39, 0.29) is 10.8 Å². The number of carboxylic acid groups (broad SMARTS) is 3. The molecular formula is C26H15NO7. The molecule has 0 unspecified atom stereocenters. The number of primary amides is 1. The number of carboxylic acids is 3. The van der Waals surface area contributed by atoms with Crippen LogP contribution >= 0.6 is 0 Å². The largest absolute Gasteiger partial charge is 0.478 e. The van der Waals surface area contributed by atoms with E-state index in [9.17, 15) is 34.5 Å². The van der Waals surface area contributed by atoms with E-state index in [0.717, 1.165) is 21.5 Å². The molecule has 0 spiro atoms. The Morgan fingerprint density at radius 3 is 1.26 bits per heavy atom. The van der Waals surface area contributed by atoms with Gasteiger partial charge in [-0.2, -0.15) is 0 Å². The van der Waals surface area contributed by atoms with Crippen molar-refractivity contribution in [3.8, 4) is 0 Å². The van der Waals surface area contributed by atoms with E-state index in [0.29, 0.717) is 10.8 Å². The van der Waals surface area contributed by atoms with Gasteiger partial charge >= 0.3 is 17.9 Å². The van der Waals surface area contributed by atoms with Crippen LogP contribution in [0, 0.1) is 0 Å². The van der Waals surface area contributed by atoms with Gasteiger partial charge in [0.05, 0.1) is 22.3 Å². The highest BCUT2D eigenvalue weighted by Gasteiger charge is 2.32. The second-order valence-electron chi connectivity index (χ2n) is 7.92. The average molecular weight is 453 g/mol. The van der Waals surface area contributed by atoms with Gasteiger partial charge in [-0.05, 0) is 79.5 Å². The van der Waals surface area contributed by atoms with Gasteiger partial charge in [0.1, 0.15) is 0 Å². The van der Waals surface area contributed by atoms with E-state index in [1.807, 2.05) is 48.5 Å². The zero-order valence-corrected chi connectivity index (χ0v) is 17.3. The van der Waals surface area contributed by atoms with E-state index in [1.165, 1.54) is 12.1 Å². The quantitative estimate of drug-likeness (QED) is 0.292. The normalized spacial score (nSPS) is 11.3. The average Bonchev–Trinajstić information content (AvgIpc) is 2.77. The van der Waals surface area contributed by atoms with Crippen molar-refractivity contribution in [2.75, 3.05) is 0 Å². The van der Waals surface area contributed by atoms with E-state index in [4.69, 9.17) is 5.73 Å². The highest BCUT2D eigenvalue weighted by molar-refractivity contribution is 6.26. The predicted octanol–water partition coefficient (Wildman–Crippen LogP) is 4.49. The van der Waals surface area contributed by atoms with Crippen LogP contribution in [0.2, 0.25) is 0 Å². The molecule has 5 aromatic carbocycles. The summed E-state index contributed by atoms with van der Waals surface area (Å²) < 4.78 is 0. The third-order valence-electron chi connectivity index (χ3n) is 5.97. The van der Waals surface area contributed by atoms with Crippen molar-refractivity contribution in [1.29, 1.82) is 0 Å². The number of rotatable bonds is 4. The molecule has 0 bridgehead atoms. The summed E-state index contributed by atoms with van der Waals surface area (Å²) in [5, 5.41) is 34.1. The van der Waals surface area contributed by atoms with Crippen LogP contribution in [0.4, 0.5) is 0 Å². The zero-order chi connectivity index (χ0) is 24.3. The SMILES string of the molecule is NC(=O)c1c(C(=O)O)c(C(=O)O)c(C(=O)O)c2cc3cc4cc5ccccc5cc4cc3cc12. The van der Waals surface area contributed by atoms with E-state index < -0.39 is 46.1 Å². The Bertz CT molecular complexity index is 1640. The van der Waals surface area contributed by atoms with Gasteiger partial charge in [-0.1, -0.05) is 24.3 Å². The molecule has 0 aliphatic heterocycles. The number of aromatic carboxylic acids is 3. The molecule has 0 aliphatic rings. The third-order valence-corrected chi connectivity index (χ3v) is 5.97. The first-order valence-corrected chi connectivity index (χ1v) is 10.1. The molecule has 8 nitrogen and oxygen atoms in total. The summed E-state index contributed by atoms with van der Waals surface area (Å²) >= 11 is 0. The maximum atomic E-state index is 12.3. The fourth-order valence-corrected chi connectivity index (χ4v) is 4.58. The number of fused-ring (bicyclic) bond motifs is 4. The predicted molar refractivity (Wildman–Crippen MR) is 126 cm³/mol. The summed E-state index contributed by atoms with van der Waals surface area (Å²) in [6, 6.07) is 18.3. The number of hydrogen-bond donors (Lipinski definition) is 4. The van der Waals surface area contributed by atoms with Gasteiger partial charge in [0.2, 0.25) is 5.91 Å². The number of carbonyl (C=O) groups is 4. The number of nitrogens with two attached hydrogens (primary N) is 1. The summed E-state index contributed by atoms with van der Waals surface area (Å²) in [5.41, 5.74) is 2.26. The van der Waals surface area contributed by atoms with Crippen LogP contribution in [0.3, 0.4) is 0 Å². The molecule has 0 atom stereocenters. The van der Waals surface area contributed by atoms with Gasteiger partial charge < -0.3 is 21.1 Å². The molecule has 5 rings (SSSR count). The smallest absolute Gasteiger partial charge is 0.337 e. The lowest BCUT2D eigenvalue weighted by molar-refractivity contribution is 0.0633. The second-order valence-corrected chi connectivity index (χ2v) is 7.92. The van der Waals surface area contributed by atoms with Crippen LogP contribution in [0.15, 0.2) is 60.7 Å². The van der Waals surface area contributed by atoms with Crippen LogP contribution in [0.1, 0.15) is 41.4 Å². The lowest BCUT2D eigenvalue weighted by Crippen LogP contribution is -2.23. The molecular weight excluding hydrogens is 438 g/mol. The highest BCUT2D eigenvalue weighted by Crippen LogP contribution is 2.36. The molecule has 0 heterocycles. The first-order valence-electron chi connectivity index (χ1n) is 10.1. The Labute approximate surface area is 190 Å². The lowest BCUT2D eigenvalue weighted by Gasteiger charge is -2.16. The molecule has 0 aliphatic carbocycles. The topological polar surface area (TPSA) is 155 Å².